The quantitative estimate of drug-likeness (QED) is 0.145. The summed E-state index contributed by atoms with van der Waals surface area (Å²) >= 11 is 1.43. The molecule has 0 aliphatic carbocycles. The van der Waals surface area contributed by atoms with Crippen LogP contribution >= 0.6 is 11.8 Å². The zero-order chi connectivity index (χ0) is 25.0. The minimum atomic E-state index is -1.75. The third-order valence-electron chi connectivity index (χ3n) is 4.86. The number of aliphatic hydroxyl groups is 1. The van der Waals surface area contributed by atoms with E-state index in [2.05, 4.69) is 10.6 Å². The van der Waals surface area contributed by atoms with Gasteiger partial charge < -0.3 is 37.0 Å². The first-order valence-electron chi connectivity index (χ1n) is 10.1. The lowest BCUT2D eigenvalue weighted by molar-refractivity contribution is -0.148. The highest BCUT2D eigenvalue weighted by Gasteiger charge is 2.33. The van der Waals surface area contributed by atoms with Crippen LogP contribution in [0.25, 0.3) is 0 Å². The fourth-order valence-electron chi connectivity index (χ4n) is 2.58. The van der Waals surface area contributed by atoms with Crippen LogP contribution in [0.2, 0.25) is 0 Å². The van der Waals surface area contributed by atoms with Crippen LogP contribution in [0.3, 0.4) is 0 Å². The van der Waals surface area contributed by atoms with Crippen LogP contribution in [0, 0.1) is 5.92 Å². The molecule has 0 rings (SSSR count). The fraction of sp³-hybridized carbons (Fsp3) is 0.737. The van der Waals surface area contributed by atoms with Gasteiger partial charge in [-0.25, -0.2) is 4.79 Å². The van der Waals surface area contributed by atoms with Crippen LogP contribution in [0.1, 0.15) is 40.0 Å². The molecule has 0 aromatic carbocycles. The first kappa shape index (κ1) is 29.6. The maximum Gasteiger partial charge on any atom is 0.326 e. The van der Waals surface area contributed by atoms with E-state index in [0.29, 0.717) is 12.2 Å². The van der Waals surface area contributed by atoms with Crippen LogP contribution in [0.15, 0.2) is 0 Å². The Morgan fingerprint density at radius 2 is 1.50 bits per heavy atom. The van der Waals surface area contributed by atoms with Crippen molar-refractivity contribution in [2.45, 2.75) is 70.3 Å². The Morgan fingerprint density at radius 3 is 1.94 bits per heavy atom. The van der Waals surface area contributed by atoms with Gasteiger partial charge in [0, 0.05) is 0 Å². The van der Waals surface area contributed by atoms with Gasteiger partial charge in [-0.1, -0.05) is 20.3 Å². The average Bonchev–Trinajstić information content (AvgIpc) is 2.71. The Kier molecular flexibility index (Phi) is 13.5. The lowest BCUT2D eigenvalue weighted by atomic mass is 9.99. The molecule has 0 aliphatic rings. The number of amides is 3. The van der Waals surface area contributed by atoms with Crippen molar-refractivity contribution in [3.8, 4) is 0 Å². The molecule has 32 heavy (non-hydrogen) atoms. The van der Waals surface area contributed by atoms with Crippen LogP contribution in [-0.4, -0.2) is 87.3 Å². The summed E-state index contributed by atoms with van der Waals surface area (Å²) in [4.78, 5) is 59.7. The lowest BCUT2D eigenvalue weighted by Crippen LogP contribution is -2.60. The molecule has 8 N–H and O–H groups in total. The number of carbonyl (C=O) groups excluding carboxylic acids is 3. The molecule has 0 spiro atoms. The van der Waals surface area contributed by atoms with Crippen LogP contribution < -0.4 is 21.7 Å². The number of hydrogen-bond donors (Lipinski definition) is 7. The first-order chi connectivity index (χ1) is 14.8. The minimum Gasteiger partial charge on any atom is -0.481 e. The normalized spacial score (nSPS) is 16.6. The number of nitrogens with one attached hydrogen (secondary N) is 3. The van der Waals surface area contributed by atoms with Crippen molar-refractivity contribution in [3.63, 3.8) is 0 Å². The summed E-state index contributed by atoms with van der Waals surface area (Å²) in [5, 5.41) is 34.7. The van der Waals surface area contributed by atoms with Gasteiger partial charge in [-0.15, -0.1) is 0 Å². The van der Waals surface area contributed by atoms with Crippen molar-refractivity contribution >= 4 is 41.4 Å². The molecule has 184 valence electrons. The summed E-state index contributed by atoms with van der Waals surface area (Å²) in [5.74, 6) is -5.04. The largest absolute Gasteiger partial charge is 0.481 e. The molecular formula is C19H34N4O8S. The summed E-state index contributed by atoms with van der Waals surface area (Å²) in [7, 11) is 0. The fourth-order valence-corrected chi connectivity index (χ4v) is 3.05. The summed E-state index contributed by atoms with van der Waals surface area (Å²) in [6.45, 7) is 4.87. The summed E-state index contributed by atoms with van der Waals surface area (Å²) in [5.41, 5.74) is 5.91. The Labute approximate surface area is 191 Å². The predicted octanol–water partition coefficient (Wildman–Crippen LogP) is -1.49. The van der Waals surface area contributed by atoms with E-state index in [0.717, 1.165) is 0 Å². The molecule has 0 bridgehead atoms. The van der Waals surface area contributed by atoms with Crippen molar-refractivity contribution in [1.29, 1.82) is 0 Å². The smallest absolute Gasteiger partial charge is 0.326 e. The number of hydrogen-bond acceptors (Lipinski definition) is 8. The van der Waals surface area contributed by atoms with E-state index < -0.39 is 66.4 Å². The highest BCUT2D eigenvalue weighted by Crippen LogP contribution is 2.08. The highest BCUT2D eigenvalue weighted by molar-refractivity contribution is 7.98. The molecule has 0 aromatic rings. The molecule has 6 unspecified atom stereocenters. The van der Waals surface area contributed by atoms with E-state index in [1.807, 2.05) is 18.5 Å². The number of carboxylic acid groups (broad SMARTS) is 2. The molecule has 0 heterocycles. The molecule has 12 nitrogen and oxygen atoms in total. The predicted molar refractivity (Wildman–Crippen MR) is 118 cm³/mol. The maximum atomic E-state index is 12.8. The molecule has 13 heteroatoms. The molecule has 0 saturated heterocycles. The Balaban J connectivity index is 5.43. The van der Waals surface area contributed by atoms with Crippen molar-refractivity contribution < 1.29 is 39.3 Å². The SMILES string of the molecule is CCC(C)C(N)C(=O)NC(CCSC)C(=O)NC(C(=O)NC(CC(=O)O)C(=O)O)C(C)O. The zero-order valence-corrected chi connectivity index (χ0v) is 19.5. The number of rotatable bonds is 15. The van der Waals surface area contributed by atoms with Gasteiger partial charge in [-0.05, 0) is 31.3 Å². The number of carboxylic acids is 2. The number of aliphatic hydroxyl groups excluding tert-OH is 1. The third-order valence-corrected chi connectivity index (χ3v) is 5.50. The van der Waals surface area contributed by atoms with E-state index >= 15 is 0 Å². The standard InChI is InChI=1S/C19H34N4O8S/c1-5-9(2)14(20)17(28)21-11(6-7-32-4)16(27)23-15(10(3)24)18(29)22-12(19(30)31)8-13(25)26/h9-12,14-15,24H,5-8,20H2,1-4H3,(H,21,28)(H,22,29)(H,23,27)(H,25,26)(H,30,31). The van der Waals surface area contributed by atoms with Gasteiger partial charge in [0.2, 0.25) is 17.7 Å². The van der Waals surface area contributed by atoms with Gasteiger partial charge in [-0.3, -0.25) is 19.2 Å². The third kappa shape index (κ3) is 10.3. The molecule has 3 amide bonds. The van der Waals surface area contributed by atoms with E-state index in [4.69, 9.17) is 15.9 Å². The summed E-state index contributed by atoms with van der Waals surface area (Å²) in [6, 6.07) is -5.21. The van der Waals surface area contributed by atoms with Gasteiger partial charge in [0.25, 0.3) is 0 Å². The van der Waals surface area contributed by atoms with Crippen LogP contribution in [0.5, 0.6) is 0 Å². The minimum absolute atomic E-state index is 0.127. The van der Waals surface area contributed by atoms with Gasteiger partial charge in [0.1, 0.15) is 18.1 Å². The number of thioether (sulfide) groups is 1. The van der Waals surface area contributed by atoms with Gasteiger partial charge in [0.15, 0.2) is 0 Å². The summed E-state index contributed by atoms with van der Waals surface area (Å²) in [6.07, 6.45) is 0.361. The average molecular weight is 479 g/mol. The van der Waals surface area contributed by atoms with Crippen molar-refractivity contribution in [1.82, 2.24) is 16.0 Å². The lowest BCUT2D eigenvalue weighted by Gasteiger charge is -2.27. The van der Waals surface area contributed by atoms with Gasteiger partial charge >= 0.3 is 11.9 Å². The Hall–Kier alpha value is -2.38. The van der Waals surface area contributed by atoms with E-state index in [-0.39, 0.29) is 12.3 Å². The van der Waals surface area contributed by atoms with Gasteiger partial charge in [-0.2, -0.15) is 11.8 Å². The highest BCUT2D eigenvalue weighted by atomic mass is 32.2. The Morgan fingerprint density at radius 1 is 0.938 bits per heavy atom. The monoisotopic (exact) mass is 478 g/mol. The molecule has 6 atom stereocenters. The number of nitrogens with two attached hydrogens (primary N) is 1. The number of carbonyl (C=O) groups is 5. The second-order valence-corrected chi connectivity index (χ2v) is 8.46. The first-order valence-corrected chi connectivity index (χ1v) is 11.5. The Bertz CT molecular complexity index is 676. The van der Waals surface area contributed by atoms with Gasteiger partial charge in [0.05, 0.1) is 18.6 Å². The molecule has 0 aromatic heterocycles. The van der Waals surface area contributed by atoms with Crippen molar-refractivity contribution in [2.75, 3.05) is 12.0 Å². The molecule has 0 saturated carbocycles. The maximum absolute atomic E-state index is 12.8. The topological polar surface area (TPSA) is 208 Å². The molecular weight excluding hydrogens is 444 g/mol. The van der Waals surface area contributed by atoms with Crippen molar-refractivity contribution in [3.05, 3.63) is 0 Å². The van der Waals surface area contributed by atoms with Crippen molar-refractivity contribution in [2.24, 2.45) is 11.7 Å². The number of aliphatic carboxylic acids is 2. The summed E-state index contributed by atoms with van der Waals surface area (Å²) < 4.78 is 0. The van der Waals surface area contributed by atoms with Crippen LogP contribution in [0.4, 0.5) is 0 Å². The second kappa shape index (κ2) is 14.6. The van der Waals surface area contributed by atoms with E-state index in [1.54, 1.807) is 6.92 Å². The molecule has 0 fully saturated rings. The zero-order valence-electron chi connectivity index (χ0n) is 18.7. The van der Waals surface area contributed by atoms with E-state index in [9.17, 15) is 29.1 Å². The second-order valence-electron chi connectivity index (χ2n) is 7.48. The van der Waals surface area contributed by atoms with Crippen LogP contribution in [-0.2, 0) is 24.0 Å². The molecule has 0 aliphatic heterocycles. The van der Waals surface area contributed by atoms with E-state index in [1.165, 1.54) is 18.7 Å². The molecule has 0 radical (unpaired) electrons.